The molecule has 1 saturated heterocycles. The van der Waals surface area contributed by atoms with Crippen LogP contribution in [-0.2, 0) is 25.6 Å². The smallest absolute Gasteiger partial charge is 0.278 e. The molecule has 3 aliphatic rings. The number of carbonyl (C=O) groups is 4. The Hall–Kier alpha value is -3.97. The number of Topliss-reactive ketones (excluding diaryl/α,β-unsaturated/α-hetero) is 1. The summed E-state index contributed by atoms with van der Waals surface area (Å²) in [4.78, 5) is 51.8. The number of hydrogen-bond donors (Lipinski definition) is 2. The standard InChI is InChI=1S/C29H26ClN3O4/c1-16-3-5-18(12-24(16)30)11-22(34)13-20-7-6-19-8-9-21(14-23(19)20)32-25-15-27(35)33(29(25)37)26-10-4-17(2)31-28(26)36/h3,5-9,12,14-15,20,26,32H,2,4,10-11,13H2,1H3,(H,31,36). The van der Waals surface area contributed by atoms with Crippen LogP contribution >= 0.6 is 11.6 Å². The number of imide groups is 1. The van der Waals surface area contributed by atoms with E-state index in [-0.39, 0.29) is 17.4 Å². The van der Waals surface area contributed by atoms with Gasteiger partial charge in [-0.1, -0.05) is 48.5 Å². The zero-order valence-corrected chi connectivity index (χ0v) is 21.1. The van der Waals surface area contributed by atoms with Gasteiger partial charge in [0, 0.05) is 41.2 Å². The lowest BCUT2D eigenvalue weighted by Crippen LogP contribution is -2.52. The Morgan fingerprint density at radius 2 is 2.00 bits per heavy atom. The number of rotatable bonds is 7. The molecule has 0 spiro atoms. The second-order valence-electron chi connectivity index (χ2n) is 9.66. The van der Waals surface area contributed by atoms with Gasteiger partial charge >= 0.3 is 0 Å². The lowest BCUT2D eigenvalue weighted by Gasteiger charge is -2.29. The Balaban J connectivity index is 1.26. The number of nitrogens with one attached hydrogen (secondary N) is 2. The molecule has 1 aliphatic carbocycles. The molecule has 2 aromatic carbocycles. The number of allylic oxidation sites excluding steroid dienone is 2. The highest BCUT2D eigenvalue weighted by atomic mass is 35.5. The first-order chi connectivity index (χ1) is 17.7. The van der Waals surface area contributed by atoms with Crippen molar-refractivity contribution in [2.75, 3.05) is 5.32 Å². The number of aryl methyl sites for hydroxylation is 1. The van der Waals surface area contributed by atoms with Gasteiger partial charge in [0.05, 0.1) is 0 Å². The first-order valence-electron chi connectivity index (χ1n) is 12.1. The van der Waals surface area contributed by atoms with Gasteiger partial charge < -0.3 is 10.6 Å². The number of benzene rings is 2. The fraction of sp³-hybridized carbons (Fsp3) is 0.241. The molecule has 188 valence electrons. The Bertz CT molecular complexity index is 1420. The average Bonchev–Trinajstić information content (AvgIpc) is 3.36. The second-order valence-corrected chi connectivity index (χ2v) is 10.1. The maximum atomic E-state index is 13.0. The van der Waals surface area contributed by atoms with Crippen LogP contribution in [0.3, 0.4) is 0 Å². The lowest BCUT2D eigenvalue weighted by atomic mass is 9.93. The zero-order valence-electron chi connectivity index (χ0n) is 20.3. The fourth-order valence-corrected chi connectivity index (χ4v) is 5.15. The minimum atomic E-state index is -0.857. The van der Waals surface area contributed by atoms with Crippen LogP contribution in [0.5, 0.6) is 0 Å². The third-order valence-corrected chi connectivity index (χ3v) is 7.35. The van der Waals surface area contributed by atoms with Crippen LogP contribution in [0.2, 0.25) is 5.02 Å². The van der Waals surface area contributed by atoms with Crippen LogP contribution in [0.15, 0.2) is 66.5 Å². The van der Waals surface area contributed by atoms with E-state index in [4.69, 9.17) is 11.6 Å². The largest absolute Gasteiger partial charge is 0.351 e. The molecule has 2 unspecified atom stereocenters. The van der Waals surface area contributed by atoms with Gasteiger partial charge in [0.1, 0.15) is 17.5 Å². The zero-order chi connectivity index (χ0) is 26.3. The van der Waals surface area contributed by atoms with Crippen molar-refractivity contribution in [1.29, 1.82) is 0 Å². The Morgan fingerprint density at radius 1 is 1.19 bits per heavy atom. The number of carbonyl (C=O) groups excluding carboxylic acids is 4. The van der Waals surface area contributed by atoms with E-state index >= 15 is 0 Å². The van der Waals surface area contributed by atoms with Crippen LogP contribution in [0.4, 0.5) is 5.69 Å². The number of amides is 3. The minimum absolute atomic E-state index is 0.0874. The van der Waals surface area contributed by atoms with Gasteiger partial charge in [0.15, 0.2) is 0 Å². The highest BCUT2D eigenvalue weighted by molar-refractivity contribution is 6.31. The van der Waals surface area contributed by atoms with Gasteiger partial charge in [-0.25, -0.2) is 0 Å². The highest BCUT2D eigenvalue weighted by Crippen LogP contribution is 2.35. The molecular formula is C29H26ClN3O4. The number of fused-ring (bicyclic) bond motifs is 1. The Kier molecular flexibility index (Phi) is 6.56. The van der Waals surface area contributed by atoms with Gasteiger partial charge in [-0.15, -0.1) is 0 Å². The molecule has 37 heavy (non-hydrogen) atoms. The van der Waals surface area contributed by atoms with Crippen LogP contribution < -0.4 is 10.6 Å². The molecule has 2 aromatic rings. The predicted octanol–water partition coefficient (Wildman–Crippen LogP) is 4.42. The maximum Gasteiger partial charge on any atom is 0.278 e. The number of piperidine rings is 1. The van der Waals surface area contributed by atoms with E-state index in [0.717, 1.165) is 27.2 Å². The van der Waals surface area contributed by atoms with Crippen molar-refractivity contribution >= 4 is 46.9 Å². The molecule has 2 N–H and O–H groups in total. The van der Waals surface area contributed by atoms with E-state index in [1.54, 1.807) is 0 Å². The number of halogens is 1. The van der Waals surface area contributed by atoms with Crippen LogP contribution in [0.1, 0.15) is 47.4 Å². The van der Waals surface area contributed by atoms with Crippen molar-refractivity contribution in [3.05, 3.63) is 93.8 Å². The average molecular weight is 516 g/mol. The van der Waals surface area contributed by atoms with Gasteiger partial charge in [-0.05, 0) is 60.2 Å². The summed E-state index contributed by atoms with van der Waals surface area (Å²) < 4.78 is 0. The molecule has 7 nitrogen and oxygen atoms in total. The van der Waals surface area contributed by atoms with Gasteiger partial charge in [-0.2, -0.15) is 0 Å². The van der Waals surface area contributed by atoms with Crippen molar-refractivity contribution in [3.63, 3.8) is 0 Å². The quantitative estimate of drug-likeness (QED) is 0.532. The Morgan fingerprint density at radius 3 is 2.76 bits per heavy atom. The van der Waals surface area contributed by atoms with Crippen molar-refractivity contribution in [1.82, 2.24) is 10.2 Å². The molecule has 5 rings (SSSR count). The van der Waals surface area contributed by atoms with E-state index in [1.165, 1.54) is 6.08 Å². The summed E-state index contributed by atoms with van der Waals surface area (Å²) in [6.45, 7) is 5.66. The third-order valence-electron chi connectivity index (χ3n) is 6.95. The molecule has 0 aromatic heterocycles. The van der Waals surface area contributed by atoms with Crippen molar-refractivity contribution < 1.29 is 19.2 Å². The maximum absolute atomic E-state index is 13.0. The highest BCUT2D eigenvalue weighted by Gasteiger charge is 2.41. The monoisotopic (exact) mass is 515 g/mol. The molecule has 0 bridgehead atoms. The Labute approximate surface area is 219 Å². The van der Waals surface area contributed by atoms with E-state index in [0.29, 0.717) is 42.1 Å². The van der Waals surface area contributed by atoms with E-state index in [9.17, 15) is 19.2 Å². The number of hydrogen-bond acceptors (Lipinski definition) is 5. The third kappa shape index (κ3) is 5.00. The van der Waals surface area contributed by atoms with Crippen molar-refractivity contribution in [2.24, 2.45) is 0 Å². The predicted molar refractivity (Wildman–Crippen MR) is 142 cm³/mol. The summed E-state index contributed by atoms with van der Waals surface area (Å²) in [5.74, 6) is -1.46. The SMILES string of the molecule is C=C1CCC(N2C(=O)C=C(Nc3ccc4c(c3)C(CC(=O)Cc3ccc(C)c(Cl)c3)C=C4)C2=O)C(=O)N1. The molecular weight excluding hydrogens is 490 g/mol. The van der Waals surface area contributed by atoms with Crippen molar-refractivity contribution in [2.45, 2.75) is 44.6 Å². The molecule has 1 fully saturated rings. The summed E-state index contributed by atoms with van der Waals surface area (Å²) in [6, 6.07) is 10.4. The summed E-state index contributed by atoms with van der Waals surface area (Å²) in [5.41, 5.74) is 5.14. The number of nitrogens with zero attached hydrogens (tertiary/aromatic N) is 1. The van der Waals surface area contributed by atoms with E-state index in [2.05, 4.69) is 17.2 Å². The molecule has 0 saturated carbocycles. The molecule has 3 amide bonds. The summed E-state index contributed by atoms with van der Waals surface area (Å²) in [7, 11) is 0. The molecule has 0 radical (unpaired) electrons. The number of anilines is 1. The first kappa shape index (κ1) is 24.7. The second kappa shape index (κ2) is 9.82. The summed E-state index contributed by atoms with van der Waals surface area (Å²) in [6.07, 6.45) is 6.71. The van der Waals surface area contributed by atoms with Crippen molar-refractivity contribution in [3.8, 4) is 0 Å². The fourth-order valence-electron chi connectivity index (χ4n) is 4.95. The lowest BCUT2D eigenvalue weighted by molar-refractivity contribution is -0.146. The summed E-state index contributed by atoms with van der Waals surface area (Å²) >= 11 is 6.20. The van der Waals surface area contributed by atoms with Gasteiger partial charge in [0.2, 0.25) is 5.91 Å². The molecule has 2 aliphatic heterocycles. The minimum Gasteiger partial charge on any atom is -0.351 e. The van der Waals surface area contributed by atoms with E-state index < -0.39 is 23.8 Å². The van der Waals surface area contributed by atoms with Gasteiger partial charge in [0.25, 0.3) is 11.8 Å². The van der Waals surface area contributed by atoms with Crippen LogP contribution in [0, 0.1) is 6.92 Å². The molecule has 2 atom stereocenters. The summed E-state index contributed by atoms with van der Waals surface area (Å²) in [5, 5.41) is 6.31. The number of ketones is 1. The molecule has 2 heterocycles. The van der Waals surface area contributed by atoms with Gasteiger partial charge in [-0.3, -0.25) is 24.1 Å². The van der Waals surface area contributed by atoms with Crippen LogP contribution in [0.25, 0.3) is 6.08 Å². The topological polar surface area (TPSA) is 95.6 Å². The molecule has 8 heteroatoms. The van der Waals surface area contributed by atoms with E-state index in [1.807, 2.05) is 55.5 Å². The normalized spacial score (nSPS) is 20.7. The first-order valence-corrected chi connectivity index (χ1v) is 12.5. The van der Waals surface area contributed by atoms with Crippen LogP contribution in [-0.4, -0.2) is 34.4 Å².